The van der Waals surface area contributed by atoms with Gasteiger partial charge in [-0.25, -0.2) is 4.79 Å². The second kappa shape index (κ2) is 8.58. The smallest absolute Gasteiger partial charge is 0.410 e. The van der Waals surface area contributed by atoms with E-state index in [2.05, 4.69) is 31.1 Å². The number of nitrogens with zero attached hydrogens (tertiary/aromatic N) is 2. The average Bonchev–Trinajstić information content (AvgIpc) is 2.44. The van der Waals surface area contributed by atoms with Crippen LogP contribution in [0.4, 0.5) is 4.79 Å². The summed E-state index contributed by atoms with van der Waals surface area (Å²) in [5, 5.41) is 3.17. The molecule has 0 bridgehead atoms. The van der Waals surface area contributed by atoms with Gasteiger partial charge in [0.15, 0.2) is 5.96 Å². The van der Waals surface area contributed by atoms with Crippen molar-refractivity contribution in [2.24, 2.45) is 22.1 Å². The minimum atomic E-state index is -0.446. The molecule has 1 rings (SSSR count). The van der Waals surface area contributed by atoms with Gasteiger partial charge in [-0.05, 0) is 51.4 Å². The van der Waals surface area contributed by atoms with Crippen molar-refractivity contribution in [3.8, 4) is 0 Å². The second-order valence-electron chi connectivity index (χ2n) is 8.59. The number of likely N-dealkylation sites (tertiary alicyclic amines) is 1. The van der Waals surface area contributed by atoms with E-state index in [0.717, 1.165) is 25.8 Å². The maximum absolute atomic E-state index is 12.1. The van der Waals surface area contributed by atoms with Crippen LogP contribution in [0.1, 0.15) is 60.8 Å². The average molecular weight is 341 g/mol. The Kier molecular flexibility index (Phi) is 7.36. The number of ether oxygens (including phenoxy) is 1. The third-order valence-electron chi connectivity index (χ3n) is 4.28. The molecule has 0 saturated carbocycles. The maximum atomic E-state index is 12.1. The minimum Gasteiger partial charge on any atom is -0.444 e. The molecular weight excluding hydrogens is 304 g/mol. The molecule has 0 aromatic heterocycles. The fraction of sp³-hybridized carbons (Fsp3) is 0.889. The van der Waals surface area contributed by atoms with Gasteiger partial charge in [0, 0.05) is 26.2 Å². The van der Waals surface area contributed by atoms with Gasteiger partial charge in [-0.15, -0.1) is 0 Å². The van der Waals surface area contributed by atoms with Gasteiger partial charge in [0.25, 0.3) is 0 Å². The zero-order valence-corrected chi connectivity index (χ0v) is 16.3. The highest BCUT2D eigenvalue weighted by Gasteiger charge is 2.33. The van der Waals surface area contributed by atoms with E-state index in [9.17, 15) is 4.79 Å². The van der Waals surface area contributed by atoms with Crippen molar-refractivity contribution >= 4 is 12.1 Å². The highest BCUT2D eigenvalue weighted by Crippen LogP contribution is 2.31. The zero-order chi connectivity index (χ0) is 18.4. The lowest BCUT2D eigenvalue weighted by atomic mass is 9.80. The number of carbonyl (C=O) groups excluding carboxylic acids is 1. The van der Waals surface area contributed by atoms with Gasteiger partial charge in [-0.3, -0.25) is 4.99 Å². The molecule has 1 aliphatic heterocycles. The lowest BCUT2D eigenvalue weighted by Crippen LogP contribution is -2.45. The molecule has 0 atom stereocenters. The molecule has 1 heterocycles. The Morgan fingerprint density at radius 3 is 2.42 bits per heavy atom. The number of carbonyl (C=O) groups is 1. The summed E-state index contributed by atoms with van der Waals surface area (Å²) >= 11 is 0. The number of hydrogen-bond acceptors (Lipinski definition) is 3. The van der Waals surface area contributed by atoms with E-state index in [1.54, 1.807) is 4.90 Å². The summed E-state index contributed by atoms with van der Waals surface area (Å²) in [4.78, 5) is 18.4. The Bertz CT molecular complexity index is 433. The molecule has 1 aliphatic rings. The third-order valence-corrected chi connectivity index (χ3v) is 4.28. The van der Waals surface area contributed by atoms with E-state index in [1.807, 2.05) is 20.8 Å². The molecule has 0 aromatic rings. The lowest BCUT2D eigenvalue weighted by molar-refractivity contribution is 0.0127. The van der Waals surface area contributed by atoms with Crippen molar-refractivity contribution in [1.82, 2.24) is 10.2 Å². The number of piperidine rings is 1. The van der Waals surface area contributed by atoms with Gasteiger partial charge in [0.1, 0.15) is 5.60 Å². The number of guanidine groups is 1. The van der Waals surface area contributed by atoms with Crippen LogP contribution >= 0.6 is 0 Å². The van der Waals surface area contributed by atoms with Gasteiger partial charge >= 0.3 is 6.09 Å². The quantitative estimate of drug-likeness (QED) is 0.595. The van der Waals surface area contributed by atoms with E-state index in [4.69, 9.17) is 10.5 Å². The van der Waals surface area contributed by atoms with Crippen LogP contribution in [0.3, 0.4) is 0 Å². The summed E-state index contributed by atoms with van der Waals surface area (Å²) in [6, 6.07) is 0. The monoisotopic (exact) mass is 340 g/mol. The number of aliphatic imine (C=N–C) groups is 1. The third kappa shape index (κ3) is 7.88. The predicted octanol–water partition coefficient (Wildman–Crippen LogP) is 2.97. The van der Waals surface area contributed by atoms with Gasteiger partial charge < -0.3 is 20.7 Å². The largest absolute Gasteiger partial charge is 0.444 e. The summed E-state index contributed by atoms with van der Waals surface area (Å²) in [7, 11) is 0. The molecule has 3 N–H and O–H groups in total. The highest BCUT2D eigenvalue weighted by atomic mass is 16.6. The van der Waals surface area contributed by atoms with Crippen LogP contribution in [0.25, 0.3) is 0 Å². The Morgan fingerprint density at radius 2 is 1.92 bits per heavy atom. The van der Waals surface area contributed by atoms with Crippen LogP contribution in [-0.2, 0) is 4.74 Å². The van der Waals surface area contributed by atoms with Crippen molar-refractivity contribution < 1.29 is 9.53 Å². The van der Waals surface area contributed by atoms with Crippen LogP contribution in [0.2, 0.25) is 0 Å². The Morgan fingerprint density at radius 1 is 1.33 bits per heavy atom. The van der Waals surface area contributed by atoms with Crippen molar-refractivity contribution in [3.63, 3.8) is 0 Å². The summed E-state index contributed by atoms with van der Waals surface area (Å²) in [6.07, 6.45) is 2.69. The standard InChI is InChI=1S/C18H36N4O2/c1-14(2)7-10-20-15(19)21-13-18(6)8-11-22(12-9-18)16(23)24-17(3,4)5/h14H,7-13H2,1-6H3,(H3,19,20,21). The minimum absolute atomic E-state index is 0.0862. The van der Waals surface area contributed by atoms with E-state index in [1.165, 1.54) is 0 Å². The zero-order valence-electron chi connectivity index (χ0n) is 16.3. The summed E-state index contributed by atoms with van der Waals surface area (Å²) in [5.74, 6) is 1.17. The maximum Gasteiger partial charge on any atom is 0.410 e. The normalized spacial score (nSPS) is 18.6. The molecule has 0 aliphatic carbocycles. The van der Waals surface area contributed by atoms with Gasteiger partial charge in [-0.2, -0.15) is 0 Å². The Labute approximate surface area is 147 Å². The Balaban J connectivity index is 2.40. The molecule has 140 valence electrons. The van der Waals surface area contributed by atoms with Crippen LogP contribution in [-0.4, -0.2) is 48.7 Å². The van der Waals surface area contributed by atoms with E-state index in [-0.39, 0.29) is 11.5 Å². The Hall–Kier alpha value is -1.46. The first-order valence-corrected chi connectivity index (χ1v) is 9.02. The van der Waals surface area contributed by atoms with Crippen LogP contribution in [0, 0.1) is 11.3 Å². The molecule has 6 heteroatoms. The van der Waals surface area contributed by atoms with Crippen molar-refractivity contribution in [2.45, 2.75) is 66.4 Å². The topological polar surface area (TPSA) is 80.0 Å². The lowest BCUT2D eigenvalue weighted by Gasteiger charge is -2.38. The molecule has 0 aromatic carbocycles. The van der Waals surface area contributed by atoms with Crippen molar-refractivity contribution in [3.05, 3.63) is 0 Å². The molecule has 1 saturated heterocycles. The number of rotatable bonds is 5. The molecule has 24 heavy (non-hydrogen) atoms. The van der Waals surface area contributed by atoms with E-state index in [0.29, 0.717) is 31.5 Å². The van der Waals surface area contributed by atoms with Crippen molar-refractivity contribution in [2.75, 3.05) is 26.2 Å². The van der Waals surface area contributed by atoms with E-state index >= 15 is 0 Å². The molecule has 0 unspecified atom stereocenters. The van der Waals surface area contributed by atoms with Gasteiger partial charge in [0.2, 0.25) is 0 Å². The molecule has 0 radical (unpaired) electrons. The van der Waals surface area contributed by atoms with Crippen molar-refractivity contribution in [1.29, 1.82) is 0 Å². The van der Waals surface area contributed by atoms with Gasteiger partial charge in [0.05, 0.1) is 0 Å². The molecular formula is C18H36N4O2. The first-order valence-electron chi connectivity index (χ1n) is 9.02. The number of nitrogens with one attached hydrogen (secondary N) is 1. The SMILES string of the molecule is CC(C)CCNC(N)=NCC1(C)CCN(C(=O)OC(C)(C)C)CC1. The first-order chi connectivity index (χ1) is 11.0. The molecule has 1 amide bonds. The fourth-order valence-corrected chi connectivity index (χ4v) is 2.53. The fourth-order valence-electron chi connectivity index (χ4n) is 2.53. The summed E-state index contributed by atoms with van der Waals surface area (Å²) in [5.41, 5.74) is 5.58. The summed E-state index contributed by atoms with van der Waals surface area (Å²) < 4.78 is 5.44. The van der Waals surface area contributed by atoms with Crippen LogP contribution in [0.15, 0.2) is 4.99 Å². The highest BCUT2D eigenvalue weighted by molar-refractivity contribution is 5.77. The van der Waals surface area contributed by atoms with Crippen LogP contribution in [0.5, 0.6) is 0 Å². The number of hydrogen-bond donors (Lipinski definition) is 2. The molecule has 1 fully saturated rings. The van der Waals surface area contributed by atoms with Gasteiger partial charge in [-0.1, -0.05) is 20.8 Å². The number of amides is 1. The predicted molar refractivity (Wildman–Crippen MR) is 99.1 cm³/mol. The first kappa shape index (κ1) is 20.6. The summed E-state index contributed by atoms with van der Waals surface area (Å²) in [6.45, 7) is 15.2. The molecule has 6 nitrogen and oxygen atoms in total. The second-order valence-corrected chi connectivity index (χ2v) is 8.59. The molecule has 0 spiro atoms. The number of nitrogens with two attached hydrogens (primary N) is 1. The van der Waals surface area contributed by atoms with E-state index < -0.39 is 5.60 Å². The van der Waals surface area contributed by atoms with Crippen LogP contribution < -0.4 is 11.1 Å².